The summed E-state index contributed by atoms with van der Waals surface area (Å²) < 4.78 is 4.40. The topological polar surface area (TPSA) is 72.5 Å². The first-order valence-electron chi connectivity index (χ1n) is 4.03. The molecule has 0 atom stereocenters. The maximum Gasteiger partial charge on any atom is 0.306 e. The van der Waals surface area contributed by atoms with Crippen molar-refractivity contribution < 1.29 is 19.1 Å². The molecule has 0 heterocycles. The van der Waals surface area contributed by atoms with E-state index in [0.29, 0.717) is 5.75 Å². The van der Waals surface area contributed by atoms with Gasteiger partial charge in [0.1, 0.15) is 0 Å². The van der Waals surface area contributed by atoms with Gasteiger partial charge in [0.2, 0.25) is 11.0 Å². The Morgan fingerprint density at radius 3 is 2.50 bits per heavy atom. The van der Waals surface area contributed by atoms with Crippen LogP contribution >= 0.6 is 11.8 Å². The first-order valence-corrected chi connectivity index (χ1v) is 5.01. The number of rotatable bonds is 5. The van der Waals surface area contributed by atoms with Crippen molar-refractivity contribution in [3.8, 4) is 0 Å². The zero-order valence-electron chi connectivity index (χ0n) is 8.16. The van der Waals surface area contributed by atoms with Crippen molar-refractivity contribution in [2.45, 2.75) is 13.3 Å². The van der Waals surface area contributed by atoms with E-state index in [9.17, 15) is 14.4 Å². The summed E-state index contributed by atoms with van der Waals surface area (Å²) in [5.74, 6) is -0.206. The largest absolute Gasteiger partial charge is 0.469 e. The molecule has 14 heavy (non-hydrogen) atoms. The molecule has 0 aromatic heterocycles. The van der Waals surface area contributed by atoms with E-state index in [1.165, 1.54) is 14.0 Å². The number of carbonyl (C=O) groups is 3. The van der Waals surface area contributed by atoms with Crippen LogP contribution in [0.25, 0.3) is 0 Å². The van der Waals surface area contributed by atoms with Crippen molar-refractivity contribution in [2.24, 2.45) is 0 Å². The third-order valence-electron chi connectivity index (χ3n) is 1.28. The van der Waals surface area contributed by atoms with Crippen LogP contribution in [0.5, 0.6) is 0 Å². The third kappa shape index (κ3) is 7.60. The molecule has 0 unspecified atom stereocenters. The normalized spacial score (nSPS) is 9.29. The van der Waals surface area contributed by atoms with Crippen molar-refractivity contribution in [2.75, 3.05) is 19.4 Å². The first-order chi connectivity index (χ1) is 6.56. The van der Waals surface area contributed by atoms with Gasteiger partial charge in [0.25, 0.3) is 0 Å². The van der Waals surface area contributed by atoms with E-state index in [-0.39, 0.29) is 30.0 Å². The lowest BCUT2D eigenvalue weighted by Gasteiger charge is -2.00. The predicted octanol–water partition coefficient (Wildman–Crippen LogP) is -0.0546. The fraction of sp³-hybridized carbons (Fsp3) is 0.625. The number of carbonyl (C=O) groups excluding carboxylic acids is 3. The molecule has 0 aromatic carbocycles. The Bertz CT molecular complexity index is 229. The third-order valence-corrected chi connectivity index (χ3v) is 2.15. The number of hydrogen-bond acceptors (Lipinski definition) is 5. The number of hydrogen-bond donors (Lipinski definition) is 1. The Balaban J connectivity index is 3.45. The average molecular weight is 219 g/mol. The van der Waals surface area contributed by atoms with Crippen LogP contribution in [-0.4, -0.2) is 36.4 Å². The van der Waals surface area contributed by atoms with E-state index in [4.69, 9.17) is 0 Å². The highest BCUT2D eigenvalue weighted by molar-refractivity contribution is 8.13. The van der Waals surface area contributed by atoms with E-state index < -0.39 is 0 Å². The molecule has 0 saturated carbocycles. The summed E-state index contributed by atoms with van der Waals surface area (Å²) in [5, 5.41) is 2.21. The second-order valence-electron chi connectivity index (χ2n) is 2.46. The van der Waals surface area contributed by atoms with Crippen molar-refractivity contribution in [1.82, 2.24) is 5.32 Å². The number of nitrogens with one attached hydrogen (secondary N) is 1. The van der Waals surface area contributed by atoms with Gasteiger partial charge in [-0.2, -0.15) is 0 Å². The molecular formula is C8H13NO4S. The van der Waals surface area contributed by atoms with E-state index in [1.807, 2.05) is 0 Å². The minimum absolute atomic E-state index is 0.00116. The van der Waals surface area contributed by atoms with Gasteiger partial charge < -0.3 is 10.1 Å². The summed E-state index contributed by atoms with van der Waals surface area (Å²) in [7, 11) is 1.30. The average Bonchev–Trinajstić information content (AvgIpc) is 2.14. The van der Waals surface area contributed by atoms with Crippen LogP contribution < -0.4 is 5.32 Å². The lowest BCUT2D eigenvalue weighted by Crippen LogP contribution is -2.25. The standard InChI is InChI=1S/C8H13NO4S/c1-6(10)9-5-8(12)14-4-3-7(11)13-2/h3-5H2,1-2H3,(H,9,10). The second kappa shape index (κ2) is 7.37. The molecule has 0 aliphatic rings. The molecule has 0 bridgehead atoms. The monoisotopic (exact) mass is 219 g/mol. The summed E-state index contributed by atoms with van der Waals surface area (Å²) >= 11 is 1.01. The summed E-state index contributed by atoms with van der Waals surface area (Å²) in [5.41, 5.74) is 0. The number of amides is 1. The van der Waals surface area contributed by atoms with Crippen molar-refractivity contribution in [3.63, 3.8) is 0 Å². The number of esters is 1. The molecule has 0 aliphatic heterocycles. The SMILES string of the molecule is COC(=O)CCSC(=O)CNC(C)=O. The van der Waals surface area contributed by atoms with Gasteiger partial charge in [0, 0.05) is 12.7 Å². The Hall–Kier alpha value is -1.04. The fourth-order valence-corrected chi connectivity index (χ4v) is 1.27. The summed E-state index contributed by atoms with van der Waals surface area (Å²) in [6.07, 6.45) is 0.201. The molecule has 0 saturated heterocycles. The van der Waals surface area contributed by atoms with Gasteiger partial charge in [-0.3, -0.25) is 14.4 Å². The summed E-state index contributed by atoms with van der Waals surface area (Å²) in [4.78, 5) is 32.1. The van der Waals surface area contributed by atoms with Gasteiger partial charge >= 0.3 is 5.97 Å². The molecule has 80 valence electrons. The molecule has 1 amide bonds. The van der Waals surface area contributed by atoms with E-state index >= 15 is 0 Å². The van der Waals surface area contributed by atoms with Crippen LogP contribution in [0.2, 0.25) is 0 Å². The Morgan fingerprint density at radius 1 is 1.36 bits per heavy atom. The van der Waals surface area contributed by atoms with Crippen LogP contribution in [-0.2, 0) is 19.1 Å². The van der Waals surface area contributed by atoms with Crippen molar-refractivity contribution in [1.29, 1.82) is 0 Å². The lowest BCUT2D eigenvalue weighted by molar-refractivity contribution is -0.140. The maximum atomic E-state index is 11.0. The van der Waals surface area contributed by atoms with Gasteiger partial charge in [-0.05, 0) is 0 Å². The van der Waals surface area contributed by atoms with Crippen LogP contribution in [0.1, 0.15) is 13.3 Å². The van der Waals surface area contributed by atoms with E-state index in [0.717, 1.165) is 11.8 Å². The molecule has 0 rings (SSSR count). The van der Waals surface area contributed by atoms with Gasteiger partial charge in [-0.15, -0.1) is 0 Å². The molecule has 0 aliphatic carbocycles. The van der Waals surface area contributed by atoms with Crippen LogP contribution in [0, 0.1) is 0 Å². The summed E-state index contributed by atoms with van der Waals surface area (Å²) in [6.45, 7) is 1.34. The van der Waals surface area contributed by atoms with Crippen LogP contribution in [0.3, 0.4) is 0 Å². The van der Waals surface area contributed by atoms with E-state index in [1.54, 1.807) is 0 Å². The Labute approximate surface area is 86.6 Å². The molecule has 0 fully saturated rings. The van der Waals surface area contributed by atoms with Gasteiger partial charge in [-0.25, -0.2) is 0 Å². The maximum absolute atomic E-state index is 11.0. The van der Waals surface area contributed by atoms with Gasteiger partial charge in [0.05, 0.1) is 20.1 Å². The first kappa shape index (κ1) is 13.0. The lowest BCUT2D eigenvalue weighted by atomic mass is 10.5. The molecule has 6 heteroatoms. The van der Waals surface area contributed by atoms with Crippen LogP contribution in [0.15, 0.2) is 0 Å². The summed E-state index contributed by atoms with van der Waals surface area (Å²) in [6, 6.07) is 0. The second-order valence-corrected chi connectivity index (χ2v) is 3.61. The highest BCUT2D eigenvalue weighted by Gasteiger charge is 2.05. The number of methoxy groups -OCH3 is 1. The van der Waals surface area contributed by atoms with Gasteiger partial charge in [0.15, 0.2) is 0 Å². The highest BCUT2D eigenvalue weighted by Crippen LogP contribution is 2.03. The quantitative estimate of drug-likeness (QED) is 0.656. The minimum Gasteiger partial charge on any atom is -0.469 e. The Morgan fingerprint density at radius 2 is 2.00 bits per heavy atom. The van der Waals surface area contributed by atoms with Gasteiger partial charge in [-0.1, -0.05) is 11.8 Å². The predicted molar refractivity (Wildman–Crippen MR) is 52.8 cm³/mol. The molecule has 0 spiro atoms. The van der Waals surface area contributed by atoms with Crippen molar-refractivity contribution in [3.05, 3.63) is 0 Å². The molecule has 1 N–H and O–H groups in total. The highest BCUT2D eigenvalue weighted by atomic mass is 32.2. The Kier molecular flexibility index (Phi) is 6.82. The van der Waals surface area contributed by atoms with E-state index in [2.05, 4.69) is 10.1 Å². The smallest absolute Gasteiger partial charge is 0.306 e. The minimum atomic E-state index is -0.343. The zero-order chi connectivity index (χ0) is 11.0. The zero-order valence-corrected chi connectivity index (χ0v) is 8.98. The molecule has 0 aromatic rings. The molecule has 5 nitrogen and oxygen atoms in total. The number of thioether (sulfide) groups is 1. The van der Waals surface area contributed by atoms with Crippen LogP contribution in [0.4, 0.5) is 0 Å². The molecule has 0 radical (unpaired) electrons. The van der Waals surface area contributed by atoms with Crippen molar-refractivity contribution >= 4 is 28.8 Å². The molecular weight excluding hydrogens is 206 g/mol. The number of ether oxygens (including phenoxy) is 1. The fourth-order valence-electron chi connectivity index (χ4n) is 0.598.